The zero-order chi connectivity index (χ0) is 14.1. The van der Waals surface area contributed by atoms with Crippen molar-refractivity contribution in [3.63, 3.8) is 0 Å². The first-order valence-corrected chi connectivity index (χ1v) is 9.42. The van der Waals surface area contributed by atoms with Gasteiger partial charge in [0.05, 0.1) is 16.8 Å². The van der Waals surface area contributed by atoms with Gasteiger partial charge >= 0.3 is 0 Å². The molecule has 4 aliphatic rings. The molecule has 4 rings (SSSR count). The number of hydrogen-bond acceptors (Lipinski definition) is 2. The molecule has 0 aromatic rings. The van der Waals surface area contributed by atoms with Gasteiger partial charge in [0.1, 0.15) is 0 Å². The van der Waals surface area contributed by atoms with Crippen LogP contribution in [0.15, 0.2) is 17.1 Å². The van der Waals surface area contributed by atoms with Crippen molar-refractivity contribution in [2.45, 2.75) is 70.6 Å². The Morgan fingerprint density at radius 2 is 1.00 bits per heavy atom. The van der Waals surface area contributed by atoms with E-state index in [1.165, 1.54) is 96.8 Å². The Morgan fingerprint density at radius 1 is 0.571 bits per heavy atom. The van der Waals surface area contributed by atoms with Crippen LogP contribution in [0.1, 0.15) is 70.6 Å². The molecule has 116 valence electrons. The Bertz CT molecular complexity index is 408. The third-order valence-corrected chi connectivity index (χ3v) is 6.20. The topological polar surface area (TPSA) is 6.48 Å². The van der Waals surface area contributed by atoms with Crippen LogP contribution in [0.25, 0.3) is 0 Å². The first-order chi connectivity index (χ1) is 10.4. The highest BCUT2D eigenvalue weighted by atomic mass is 15.2. The maximum atomic E-state index is 3.86. The highest BCUT2D eigenvalue weighted by molar-refractivity contribution is 5.38. The molecule has 3 fully saturated rings. The molecule has 2 heteroatoms. The minimum Gasteiger partial charge on any atom is -0.368 e. The molecule has 21 heavy (non-hydrogen) atoms. The van der Waals surface area contributed by atoms with Crippen LogP contribution in [-0.2, 0) is 0 Å². The van der Waals surface area contributed by atoms with Gasteiger partial charge in [0.2, 0.25) is 0 Å². The Morgan fingerprint density at radius 3 is 1.48 bits per heavy atom. The SMILES string of the molecule is C1=C(N2CCCCC2)C2(CCCCC2)C=1N1CCCCC1. The van der Waals surface area contributed by atoms with E-state index in [1.807, 2.05) is 0 Å². The molecule has 0 aromatic heterocycles. The average molecular weight is 286 g/mol. The Balaban J connectivity index is 1.62. The van der Waals surface area contributed by atoms with Crippen molar-refractivity contribution in [2.24, 2.45) is 5.41 Å². The summed E-state index contributed by atoms with van der Waals surface area (Å²) < 4.78 is 0. The highest BCUT2D eigenvalue weighted by Crippen LogP contribution is 2.55. The Labute approximate surface area is 129 Å². The normalized spacial score (nSPS) is 29.0. The molecule has 0 atom stereocenters. The maximum absolute atomic E-state index is 3.86. The second-order valence-electron chi connectivity index (χ2n) is 7.56. The van der Waals surface area contributed by atoms with Crippen LogP contribution in [-0.4, -0.2) is 36.0 Å². The third kappa shape index (κ3) is 2.32. The molecule has 2 aliphatic heterocycles. The van der Waals surface area contributed by atoms with Gasteiger partial charge in [-0.25, -0.2) is 0 Å². The van der Waals surface area contributed by atoms with E-state index in [4.69, 9.17) is 0 Å². The monoisotopic (exact) mass is 286 g/mol. The zero-order valence-electron chi connectivity index (χ0n) is 13.5. The van der Waals surface area contributed by atoms with Crippen molar-refractivity contribution in [1.82, 2.24) is 9.80 Å². The number of piperidine rings is 2. The van der Waals surface area contributed by atoms with Crippen LogP contribution in [0.2, 0.25) is 0 Å². The van der Waals surface area contributed by atoms with Crippen LogP contribution in [0.3, 0.4) is 0 Å². The lowest BCUT2D eigenvalue weighted by Gasteiger charge is -2.52. The van der Waals surface area contributed by atoms with Gasteiger partial charge in [0.25, 0.3) is 0 Å². The number of hydrogen-bond donors (Lipinski definition) is 0. The molecule has 0 bridgehead atoms. The average Bonchev–Trinajstić information content (AvgIpc) is 2.57. The van der Waals surface area contributed by atoms with Crippen molar-refractivity contribution in [3.8, 4) is 0 Å². The van der Waals surface area contributed by atoms with Crippen molar-refractivity contribution < 1.29 is 0 Å². The largest absolute Gasteiger partial charge is 0.368 e. The molecule has 0 radical (unpaired) electrons. The van der Waals surface area contributed by atoms with Crippen LogP contribution >= 0.6 is 0 Å². The van der Waals surface area contributed by atoms with Crippen LogP contribution < -0.4 is 0 Å². The minimum absolute atomic E-state index is 0.424. The van der Waals surface area contributed by atoms with E-state index in [9.17, 15) is 0 Å². The van der Waals surface area contributed by atoms with Crippen LogP contribution in [0.5, 0.6) is 0 Å². The summed E-state index contributed by atoms with van der Waals surface area (Å²) in [6.07, 6.45) is 15.5. The fourth-order valence-corrected chi connectivity index (χ4v) is 5.03. The van der Waals surface area contributed by atoms with Gasteiger partial charge in [0.15, 0.2) is 0 Å². The molecule has 2 heterocycles. The van der Waals surface area contributed by atoms with E-state index >= 15 is 0 Å². The lowest BCUT2D eigenvalue weighted by atomic mass is 9.64. The summed E-state index contributed by atoms with van der Waals surface area (Å²) in [5, 5.41) is 0. The molecule has 1 saturated carbocycles. The van der Waals surface area contributed by atoms with Crippen molar-refractivity contribution in [2.75, 3.05) is 26.2 Å². The standard InChI is InChI=1S/C19H30N2/c1-4-10-19(11-5-1)17(20-12-6-2-7-13-20)16-18(19)21-14-8-3-9-15-21/h1-15H2. The van der Waals surface area contributed by atoms with Crippen LogP contribution in [0, 0.1) is 5.41 Å². The minimum atomic E-state index is 0.424. The Kier molecular flexibility index (Phi) is 3.75. The number of nitrogens with zero attached hydrogens (tertiary/aromatic N) is 2. The smallest absolute Gasteiger partial charge is 0.0711 e. The summed E-state index contributed by atoms with van der Waals surface area (Å²) in [7, 11) is 0. The maximum Gasteiger partial charge on any atom is 0.0711 e. The fraction of sp³-hybridized carbons (Fsp3) is 0.842. The molecule has 0 aromatic carbocycles. The molecule has 1 spiro atoms. The second-order valence-corrected chi connectivity index (χ2v) is 7.56. The van der Waals surface area contributed by atoms with E-state index in [-0.39, 0.29) is 0 Å². The lowest BCUT2D eigenvalue weighted by Crippen LogP contribution is -2.49. The first kappa shape index (κ1) is 13.8. The molecule has 2 saturated heterocycles. The molecule has 2 aliphatic carbocycles. The summed E-state index contributed by atoms with van der Waals surface area (Å²) in [6, 6.07) is 0. The molecular formula is C19H30N2. The second kappa shape index (κ2) is 5.72. The van der Waals surface area contributed by atoms with Crippen molar-refractivity contribution in [1.29, 1.82) is 0 Å². The molecule has 0 amide bonds. The van der Waals surface area contributed by atoms with E-state index < -0.39 is 0 Å². The highest BCUT2D eigenvalue weighted by Gasteiger charge is 2.49. The van der Waals surface area contributed by atoms with Crippen LogP contribution in [0.4, 0.5) is 0 Å². The summed E-state index contributed by atoms with van der Waals surface area (Å²) in [6.45, 7) is 5.16. The van der Waals surface area contributed by atoms with Crippen molar-refractivity contribution >= 4 is 0 Å². The summed E-state index contributed by atoms with van der Waals surface area (Å²) in [5.74, 6) is 0. The predicted molar refractivity (Wildman–Crippen MR) is 86.9 cm³/mol. The van der Waals surface area contributed by atoms with Gasteiger partial charge < -0.3 is 9.80 Å². The van der Waals surface area contributed by atoms with Gasteiger partial charge in [-0.05, 0) is 51.4 Å². The van der Waals surface area contributed by atoms with Gasteiger partial charge in [-0.15, -0.1) is 0 Å². The molecular weight excluding hydrogens is 256 g/mol. The zero-order valence-corrected chi connectivity index (χ0v) is 13.5. The fourth-order valence-electron chi connectivity index (χ4n) is 5.03. The number of rotatable bonds is 2. The summed E-state index contributed by atoms with van der Waals surface area (Å²) in [4.78, 5) is 5.39. The summed E-state index contributed by atoms with van der Waals surface area (Å²) >= 11 is 0. The lowest BCUT2D eigenvalue weighted by molar-refractivity contribution is 0.117. The molecule has 0 unspecified atom stereocenters. The van der Waals surface area contributed by atoms with E-state index in [0.29, 0.717) is 5.41 Å². The van der Waals surface area contributed by atoms with E-state index in [1.54, 1.807) is 11.4 Å². The first-order valence-electron chi connectivity index (χ1n) is 9.42. The van der Waals surface area contributed by atoms with E-state index in [0.717, 1.165) is 0 Å². The van der Waals surface area contributed by atoms with Gasteiger partial charge in [0, 0.05) is 26.2 Å². The van der Waals surface area contributed by atoms with Gasteiger partial charge in [-0.3, -0.25) is 0 Å². The van der Waals surface area contributed by atoms with Gasteiger partial charge in [-0.2, -0.15) is 0 Å². The number of likely N-dealkylation sites (tertiary alicyclic amines) is 2. The van der Waals surface area contributed by atoms with Gasteiger partial charge in [-0.1, -0.05) is 25.0 Å². The summed E-state index contributed by atoms with van der Waals surface area (Å²) in [5.41, 5.74) is 7.52. The molecule has 2 nitrogen and oxygen atoms in total. The quantitative estimate of drug-likeness (QED) is 0.699. The third-order valence-electron chi connectivity index (χ3n) is 6.20. The predicted octanol–water partition coefficient (Wildman–Crippen LogP) is 4.29. The van der Waals surface area contributed by atoms with E-state index in [2.05, 4.69) is 15.5 Å². The Hall–Kier alpha value is -0.880. The molecule has 0 N–H and O–H groups in total. The van der Waals surface area contributed by atoms with Crippen molar-refractivity contribution in [3.05, 3.63) is 17.1 Å².